The van der Waals surface area contributed by atoms with Crippen LogP contribution in [0, 0.1) is 0 Å². The van der Waals surface area contributed by atoms with Crippen molar-refractivity contribution in [3.05, 3.63) is 21.4 Å². The van der Waals surface area contributed by atoms with Crippen molar-refractivity contribution in [2.24, 2.45) is 0 Å². The van der Waals surface area contributed by atoms with E-state index in [9.17, 15) is 4.79 Å². The van der Waals surface area contributed by atoms with Crippen LogP contribution < -0.4 is 5.32 Å². The van der Waals surface area contributed by atoms with Crippen molar-refractivity contribution >= 4 is 17.2 Å². The van der Waals surface area contributed by atoms with E-state index in [1.165, 1.54) is 49.0 Å². The summed E-state index contributed by atoms with van der Waals surface area (Å²) in [7, 11) is 0. The van der Waals surface area contributed by atoms with Crippen LogP contribution >= 0.6 is 11.3 Å². The molecular weight excluding hydrogens is 242 g/mol. The van der Waals surface area contributed by atoms with E-state index in [4.69, 9.17) is 0 Å². The first-order valence-corrected chi connectivity index (χ1v) is 8.02. The Labute approximate surface area is 114 Å². The van der Waals surface area contributed by atoms with Gasteiger partial charge in [-0.15, -0.1) is 11.3 Å². The fraction of sp³-hybridized carbons (Fsp3) is 0.667. The maximum Gasteiger partial charge on any atom is 0.261 e. The molecule has 1 aromatic rings. The maximum absolute atomic E-state index is 12.0. The van der Waals surface area contributed by atoms with E-state index in [2.05, 4.69) is 18.3 Å². The molecule has 0 aromatic carbocycles. The molecule has 0 saturated heterocycles. The van der Waals surface area contributed by atoms with Crippen LogP contribution in [0.3, 0.4) is 0 Å². The monoisotopic (exact) mass is 265 g/mol. The van der Waals surface area contributed by atoms with Crippen LogP contribution in [0.1, 0.15) is 65.6 Å². The van der Waals surface area contributed by atoms with E-state index in [1.807, 2.05) is 0 Å². The molecule has 1 aromatic heterocycles. The van der Waals surface area contributed by atoms with E-state index in [-0.39, 0.29) is 5.91 Å². The molecule has 0 unspecified atom stereocenters. The third-order valence-electron chi connectivity index (χ3n) is 3.54. The van der Waals surface area contributed by atoms with Crippen molar-refractivity contribution in [3.63, 3.8) is 0 Å². The second-order valence-electron chi connectivity index (χ2n) is 5.08. The Hall–Kier alpha value is -0.830. The standard InChI is InChI=1S/C15H23NOS/c1-2-3-4-7-10-16-15(17)14-11-12-8-5-6-9-13(12)18-14/h11H,2-10H2,1H3,(H,16,17). The first-order valence-electron chi connectivity index (χ1n) is 7.21. The number of aryl methyl sites for hydroxylation is 2. The first-order chi connectivity index (χ1) is 8.81. The van der Waals surface area contributed by atoms with E-state index in [1.54, 1.807) is 11.3 Å². The molecule has 0 aliphatic heterocycles. The maximum atomic E-state index is 12.0. The van der Waals surface area contributed by atoms with Crippen LogP contribution in [0.2, 0.25) is 0 Å². The lowest BCUT2D eigenvalue weighted by Crippen LogP contribution is -2.23. The molecule has 18 heavy (non-hydrogen) atoms. The number of carbonyl (C=O) groups is 1. The minimum absolute atomic E-state index is 0.130. The molecule has 0 fully saturated rings. The Bertz CT molecular complexity index is 374. The highest BCUT2D eigenvalue weighted by Gasteiger charge is 2.16. The topological polar surface area (TPSA) is 29.1 Å². The number of carbonyl (C=O) groups excluding carboxylic acids is 1. The van der Waals surface area contributed by atoms with Crippen molar-refractivity contribution in [2.45, 2.75) is 58.3 Å². The number of hydrogen-bond donors (Lipinski definition) is 1. The van der Waals surface area contributed by atoms with Crippen LogP contribution in [0.25, 0.3) is 0 Å². The van der Waals surface area contributed by atoms with Crippen molar-refractivity contribution in [2.75, 3.05) is 6.54 Å². The van der Waals surface area contributed by atoms with E-state index in [0.717, 1.165) is 24.3 Å². The lowest BCUT2D eigenvalue weighted by Gasteiger charge is -2.08. The molecule has 2 rings (SSSR count). The van der Waals surface area contributed by atoms with Crippen LogP contribution in [0.15, 0.2) is 6.07 Å². The van der Waals surface area contributed by atoms with Gasteiger partial charge in [0.2, 0.25) is 0 Å². The number of fused-ring (bicyclic) bond motifs is 1. The lowest BCUT2D eigenvalue weighted by atomic mass is 9.99. The van der Waals surface area contributed by atoms with Gasteiger partial charge >= 0.3 is 0 Å². The van der Waals surface area contributed by atoms with Gasteiger partial charge in [-0.25, -0.2) is 0 Å². The number of amides is 1. The Morgan fingerprint density at radius 1 is 1.28 bits per heavy atom. The first kappa shape index (κ1) is 13.6. The molecule has 2 nitrogen and oxygen atoms in total. The van der Waals surface area contributed by atoms with E-state index < -0.39 is 0 Å². The lowest BCUT2D eigenvalue weighted by molar-refractivity contribution is 0.0957. The third kappa shape index (κ3) is 3.58. The zero-order valence-electron chi connectivity index (χ0n) is 11.3. The van der Waals surface area contributed by atoms with Gasteiger partial charge in [0.1, 0.15) is 0 Å². The quantitative estimate of drug-likeness (QED) is 0.776. The molecule has 100 valence electrons. The summed E-state index contributed by atoms with van der Waals surface area (Å²) in [5.41, 5.74) is 1.42. The zero-order chi connectivity index (χ0) is 12.8. The zero-order valence-corrected chi connectivity index (χ0v) is 12.1. The van der Waals surface area contributed by atoms with Crippen molar-refractivity contribution in [1.82, 2.24) is 5.32 Å². The summed E-state index contributed by atoms with van der Waals surface area (Å²) in [4.78, 5) is 14.4. The average Bonchev–Trinajstić information content (AvgIpc) is 2.82. The number of unbranched alkanes of at least 4 members (excludes halogenated alkanes) is 3. The summed E-state index contributed by atoms with van der Waals surface area (Å²) >= 11 is 1.70. The third-order valence-corrected chi connectivity index (χ3v) is 4.77. The number of thiophene rings is 1. The molecule has 1 amide bonds. The normalized spacial score (nSPS) is 14.3. The molecule has 3 heteroatoms. The highest BCUT2D eigenvalue weighted by Crippen LogP contribution is 2.29. The molecule has 0 spiro atoms. The minimum atomic E-state index is 0.130. The summed E-state index contributed by atoms with van der Waals surface area (Å²) in [5, 5.41) is 3.04. The fourth-order valence-electron chi connectivity index (χ4n) is 2.44. The highest BCUT2D eigenvalue weighted by molar-refractivity contribution is 7.14. The highest BCUT2D eigenvalue weighted by atomic mass is 32.1. The van der Waals surface area contributed by atoms with Crippen molar-refractivity contribution < 1.29 is 4.79 Å². The molecule has 0 radical (unpaired) electrons. The number of hydrogen-bond acceptors (Lipinski definition) is 2. The molecule has 1 heterocycles. The molecular formula is C15H23NOS. The summed E-state index contributed by atoms with van der Waals surface area (Å²) in [6, 6.07) is 2.11. The average molecular weight is 265 g/mol. The van der Waals surface area contributed by atoms with Gasteiger partial charge in [0.25, 0.3) is 5.91 Å². The predicted octanol–water partition coefficient (Wildman–Crippen LogP) is 3.94. The van der Waals surface area contributed by atoms with Crippen LogP contribution in [-0.4, -0.2) is 12.5 Å². The van der Waals surface area contributed by atoms with Gasteiger partial charge < -0.3 is 5.32 Å². The van der Waals surface area contributed by atoms with E-state index in [0.29, 0.717) is 0 Å². The van der Waals surface area contributed by atoms with Crippen LogP contribution in [0.4, 0.5) is 0 Å². The number of nitrogens with one attached hydrogen (secondary N) is 1. The SMILES string of the molecule is CCCCCCNC(=O)c1cc2c(s1)CCCC2. The van der Waals surface area contributed by atoms with Gasteiger partial charge in [-0.2, -0.15) is 0 Å². The smallest absolute Gasteiger partial charge is 0.261 e. The van der Waals surface area contributed by atoms with E-state index >= 15 is 0 Å². The van der Waals surface area contributed by atoms with Crippen molar-refractivity contribution in [3.8, 4) is 0 Å². The Balaban J connectivity index is 1.80. The van der Waals surface area contributed by atoms with Crippen LogP contribution in [0.5, 0.6) is 0 Å². The van der Waals surface area contributed by atoms with Gasteiger partial charge in [0.05, 0.1) is 4.88 Å². The van der Waals surface area contributed by atoms with Gasteiger partial charge in [-0.3, -0.25) is 4.79 Å². The van der Waals surface area contributed by atoms with Gasteiger partial charge in [0.15, 0.2) is 0 Å². The number of rotatable bonds is 6. The summed E-state index contributed by atoms with van der Waals surface area (Å²) in [6.07, 6.45) is 9.73. The van der Waals surface area contributed by atoms with Gasteiger partial charge in [0, 0.05) is 11.4 Å². The Kier molecular flexibility index (Phi) is 5.24. The molecule has 1 aliphatic carbocycles. The second-order valence-corrected chi connectivity index (χ2v) is 6.22. The van der Waals surface area contributed by atoms with Gasteiger partial charge in [-0.1, -0.05) is 26.2 Å². The van der Waals surface area contributed by atoms with Crippen LogP contribution in [-0.2, 0) is 12.8 Å². The molecule has 1 N–H and O–H groups in total. The van der Waals surface area contributed by atoms with Crippen molar-refractivity contribution in [1.29, 1.82) is 0 Å². The summed E-state index contributed by atoms with van der Waals surface area (Å²) in [6.45, 7) is 3.02. The molecule has 0 saturated carbocycles. The molecule has 1 aliphatic rings. The minimum Gasteiger partial charge on any atom is -0.351 e. The summed E-state index contributed by atoms with van der Waals surface area (Å²) < 4.78 is 0. The second kappa shape index (κ2) is 6.93. The molecule has 0 bridgehead atoms. The Morgan fingerprint density at radius 2 is 2.11 bits per heavy atom. The Morgan fingerprint density at radius 3 is 2.89 bits per heavy atom. The predicted molar refractivity (Wildman–Crippen MR) is 77.4 cm³/mol. The largest absolute Gasteiger partial charge is 0.351 e. The summed E-state index contributed by atoms with van der Waals surface area (Å²) in [5.74, 6) is 0.130. The van der Waals surface area contributed by atoms with Gasteiger partial charge in [-0.05, 0) is 43.7 Å². The fourth-order valence-corrected chi connectivity index (χ4v) is 3.61. The molecule has 0 atom stereocenters.